The highest BCUT2D eigenvalue weighted by atomic mass is 16.5. The smallest absolute Gasteiger partial charge is 0.251 e. The zero-order chi connectivity index (χ0) is 15.2. The minimum atomic E-state index is -0.0713. The van der Waals surface area contributed by atoms with Gasteiger partial charge in [0.25, 0.3) is 5.91 Å². The lowest BCUT2D eigenvalue weighted by Crippen LogP contribution is -2.45. The fourth-order valence-corrected chi connectivity index (χ4v) is 2.41. The lowest BCUT2D eigenvalue weighted by atomic mass is 10.1. The summed E-state index contributed by atoms with van der Waals surface area (Å²) in [6.45, 7) is 7.57. The maximum atomic E-state index is 12.2. The molecule has 0 radical (unpaired) electrons. The molecule has 5 nitrogen and oxygen atoms in total. The van der Waals surface area contributed by atoms with E-state index in [1.54, 1.807) is 6.07 Å². The third-order valence-corrected chi connectivity index (χ3v) is 3.57. The molecular weight excluding hydrogens is 268 g/mol. The van der Waals surface area contributed by atoms with Crippen LogP contribution in [0.2, 0.25) is 0 Å². The standard InChI is InChI=1S/C16H24N2O3/c1-4-20-15-6-5-13(9-12(15)2)16(19)17-10-14-11-18(3)7-8-21-14/h5-6,9,14H,4,7-8,10-11H2,1-3H3,(H,17,19). The van der Waals surface area contributed by atoms with Crippen LogP contribution in [0.1, 0.15) is 22.8 Å². The van der Waals surface area contributed by atoms with Crippen LogP contribution in [-0.2, 0) is 4.74 Å². The third kappa shape index (κ3) is 4.44. The molecule has 1 aromatic rings. The number of carbonyl (C=O) groups is 1. The average molecular weight is 292 g/mol. The van der Waals surface area contributed by atoms with Crippen LogP contribution < -0.4 is 10.1 Å². The van der Waals surface area contributed by atoms with E-state index in [1.165, 1.54) is 0 Å². The predicted octanol–water partition coefficient (Wildman–Crippen LogP) is 1.45. The average Bonchev–Trinajstić information content (AvgIpc) is 2.47. The van der Waals surface area contributed by atoms with Crippen molar-refractivity contribution in [3.05, 3.63) is 29.3 Å². The first-order chi connectivity index (χ1) is 10.1. The molecule has 0 spiro atoms. The van der Waals surface area contributed by atoms with E-state index in [9.17, 15) is 4.79 Å². The Morgan fingerprint density at radius 1 is 1.52 bits per heavy atom. The van der Waals surface area contributed by atoms with Crippen molar-refractivity contribution < 1.29 is 14.3 Å². The fourth-order valence-electron chi connectivity index (χ4n) is 2.41. The Morgan fingerprint density at radius 2 is 2.33 bits per heavy atom. The highest BCUT2D eigenvalue weighted by molar-refractivity contribution is 5.94. The minimum absolute atomic E-state index is 0.0662. The van der Waals surface area contributed by atoms with Crippen molar-refractivity contribution in [1.29, 1.82) is 0 Å². The normalized spacial score (nSPS) is 19.3. The van der Waals surface area contributed by atoms with Gasteiger partial charge in [-0.3, -0.25) is 4.79 Å². The second kappa shape index (κ2) is 7.43. The van der Waals surface area contributed by atoms with E-state index in [-0.39, 0.29) is 12.0 Å². The van der Waals surface area contributed by atoms with Crippen molar-refractivity contribution in [3.63, 3.8) is 0 Å². The van der Waals surface area contributed by atoms with Crippen LogP contribution in [0.4, 0.5) is 0 Å². The Kier molecular flexibility index (Phi) is 5.59. The quantitative estimate of drug-likeness (QED) is 0.892. The zero-order valence-corrected chi connectivity index (χ0v) is 13.0. The Bertz CT molecular complexity index is 490. The number of hydrogen-bond donors (Lipinski definition) is 1. The predicted molar refractivity (Wildman–Crippen MR) is 81.9 cm³/mol. The van der Waals surface area contributed by atoms with Gasteiger partial charge in [-0.2, -0.15) is 0 Å². The molecule has 116 valence electrons. The molecule has 0 bridgehead atoms. The first kappa shape index (κ1) is 15.8. The number of morpholine rings is 1. The van der Waals surface area contributed by atoms with E-state index in [4.69, 9.17) is 9.47 Å². The molecule has 21 heavy (non-hydrogen) atoms. The van der Waals surface area contributed by atoms with Crippen molar-refractivity contribution in [2.75, 3.05) is 39.9 Å². The summed E-state index contributed by atoms with van der Waals surface area (Å²) in [5.41, 5.74) is 1.62. The van der Waals surface area contributed by atoms with Gasteiger partial charge in [0.15, 0.2) is 0 Å². The second-order valence-corrected chi connectivity index (χ2v) is 5.38. The van der Waals surface area contributed by atoms with Crippen molar-refractivity contribution >= 4 is 5.91 Å². The highest BCUT2D eigenvalue weighted by Crippen LogP contribution is 2.19. The van der Waals surface area contributed by atoms with Crippen LogP contribution in [0.5, 0.6) is 5.75 Å². The number of nitrogens with zero attached hydrogens (tertiary/aromatic N) is 1. The summed E-state index contributed by atoms with van der Waals surface area (Å²) in [7, 11) is 2.06. The van der Waals surface area contributed by atoms with Gasteiger partial charge in [0.05, 0.1) is 19.3 Å². The van der Waals surface area contributed by atoms with E-state index >= 15 is 0 Å². The molecule has 2 rings (SSSR count). The van der Waals surface area contributed by atoms with E-state index in [1.807, 2.05) is 26.0 Å². The van der Waals surface area contributed by atoms with Crippen molar-refractivity contribution in [2.45, 2.75) is 20.0 Å². The molecule has 0 saturated carbocycles. The van der Waals surface area contributed by atoms with Crippen molar-refractivity contribution in [3.8, 4) is 5.75 Å². The number of carbonyl (C=O) groups excluding carboxylic acids is 1. The number of aryl methyl sites for hydroxylation is 1. The molecule has 0 aromatic heterocycles. The Hall–Kier alpha value is -1.59. The molecule has 1 amide bonds. The maximum absolute atomic E-state index is 12.2. The molecule has 1 atom stereocenters. The summed E-state index contributed by atoms with van der Waals surface area (Å²) in [5, 5.41) is 2.94. The van der Waals surface area contributed by atoms with Gasteiger partial charge in [0, 0.05) is 25.2 Å². The van der Waals surface area contributed by atoms with E-state index in [0.717, 1.165) is 31.0 Å². The summed E-state index contributed by atoms with van der Waals surface area (Å²) >= 11 is 0. The summed E-state index contributed by atoms with van der Waals surface area (Å²) in [6, 6.07) is 5.49. The van der Waals surface area contributed by atoms with Gasteiger partial charge in [-0.1, -0.05) is 0 Å². The van der Waals surface area contributed by atoms with Gasteiger partial charge < -0.3 is 19.7 Å². The maximum Gasteiger partial charge on any atom is 0.251 e. The number of ether oxygens (including phenoxy) is 2. The van der Waals surface area contributed by atoms with E-state index in [2.05, 4.69) is 17.3 Å². The van der Waals surface area contributed by atoms with E-state index < -0.39 is 0 Å². The van der Waals surface area contributed by atoms with Crippen LogP contribution >= 0.6 is 0 Å². The van der Waals surface area contributed by atoms with Crippen molar-refractivity contribution in [1.82, 2.24) is 10.2 Å². The second-order valence-electron chi connectivity index (χ2n) is 5.38. The molecule has 5 heteroatoms. The van der Waals surface area contributed by atoms with Crippen LogP contribution in [0.15, 0.2) is 18.2 Å². The number of benzene rings is 1. The number of hydrogen-bond acceptors (Lipinski definition) is 4. The molecule has 1 aliphatic rings. The lowest BCUT2D eigenvalue weighted by Gasteiger charge is -2.30. The Balaban J connectivity index is 1.89. The number of rotatable bonds is 5. The number of likely N-dealkylation sites (N-methyl/N-ethyl adjacent to an activating group) is 1. The fraction of sp³-hybridized carbons (Fsp3) is 0.562. The first-order valence-electron chi connectivity index (χ1n) is 7.42. The molecule has 1 saturated heterocycles. The molecule has 1 N–H and O–H groups in total. The van der Waals surface area contributed by atoms with Gasteiger partial charge in [0.2, 0.25) is 0 Å². The Morgan fingerprint density at radius 3 is 3.00 bits per heavy atom. The number of amides is 1. The molecule has 1 aromatic carbocycles. The van der Waals surface area contributed by atoms with E-state index in [0.29, 0.717) is 18.7 Å². The molecule has 1 aliphatic heterocycles. The minimum Gasteiger partial charge on any atom is -0.494 e. The van der Waals surface area contributed by atoms with Crippen LogP contribution in [-0.4, -0.2) is 56.8 Å². The molecule has 0 aliphatic carbocycles. The Labute approximate surface area is 126 Å². The number of nitrogens with one attached hydrogen (secondary N) is 1. The van der Waals surface area contributed by atoms with Gasteiger partial charge in [-0.05, 0) is 44.7 Å². The molecular formula is C16H24N2O3. The van der Waals surface area contributed by atoms with Gasteiger partial charge in [0.1, 0.15) is 5.75 Å². The van der Waals surface area contributed by atoms with Crippen LogP contribution in [0, 0.1) is 6.92 Å². The largest absolute Gasteiger partial charge is 0.494 e. The molecule has 1 unspecified atom stereocenters. The monoisotopic (exact) mass is 292 g/mol. The summed E-state index contributed by atoms with van der Waals surface area (Å²) in [4.78, 5) is 14.4. The third-order valence-electron chi connectivity index (χ3n) is 3.57. The highest BCUT2D eigenvalue weighted by Gasteiger charge is 2.18. The first-order valence-corrected chi connectivity index (χ1v) is 7.42. The molecule has 1 fully saturated rings. The van der Waals surface area contributed by atoms with Crippen LogP contribution in [0.3, 0.4) is 0 Å². The summed E-state index contributed by atoms with van der Waals surface area (Å²) in [6.07, 6.45) is 0.0662. The zero-order valence-electron chi connectivity index (χ0n) is 13.0. The topological polar surface area (TPSA) is 50.8 Å². The van der Waals surface area contributed by atoms with Crippen molar-refractivity contribution in [2.24, 2.45) is 0 Å². The van der Waals surface area contributed by atoms with Crippen LogP contribution in [0.25, 0.3) is 0 Å². The summed E-state index contributed by atoms with van der Waals surface area (Å²) < 4.78 is 11.1. The lowest BCUT2D eigenvalue weighted by molar-refractivity contribution is -0.0175. The van der Waals surface area contributed by atoms with Gasteiger partial charge in [-0.25, -0.2) is 0 Å². The molecule has 1 heterocycles. The summed E-state index contributed by atoms with van der Waals surface area (Å²) in [5.74, 6) is 0.754. The van der Waals surface area contributed by atoms with Gasteiger partial charge in [-0.15, -0.1) is 0 Å². The SMILES string of the molecule is CCOc1ccc(C(=O)NCC2CN(C)CCO2)cc1C. The van der Waals surface area contributed by atoms with Gasteiger partial charge >= 0.3 is 0 Å².